The number of carbonyl (C=O) groups excluding carboxylic acids is 2. The zero-order valence-corrected chi connectivity index (χ0v) is 18.7. The number of carbonyl (C=O) groups is 3. The third-order valence-electron chi connectivity index (χ3n) is 4.41. The van der Waals surface area contributed by atoms with Crippen LogP contribution in [0.4, 0.5) is 5.13 Å². The number of amides is 2. The van der Waals surface area contributed by atoms with Gasteiger partial charge in [0.1, 0.15) is 24.0 Å². The molecule has 5 N–H and O–H groups in total. The van der Waals surface area contributed by atoms with Crippen molar-refractivity contribution in [2.45, 2.75) is 38.6 Å². The van der Waals surface area contributed by atoms with Crippen molar-refractivity contribution in [3.05, 3.63) is 23.0 Å². The lowest BCUT2D eigenvalue weighted by molar-refractivity contribution is -0.151. The number of aliphatic carboxylic acids is 1. The van der Waals surface area contributed by atoms with Crippen molar-refractivity contribution in [2.24, 2.45) is 5.16 Å². The highest BCUT2D eigenvalue weighted by Crippen LogP contribution is 2.34. The summed E-state index contributed by atoms with van der Waals surface area (Å²) < 4.78 is 33.3. The third-order valence-corrected chi connectivity index (χ3v) is 6.20. The molecule has 2 aromatic heterocycles. The summed E-state index contributed by atoms with van der Waals surface area (Å²) in [6.07, 6.45) is 1.31. The van der Waals surface area contributed by atoms with Gasteiger partial charge >= 0.3 is 16.3 Å². The van der Waals surface area contributed by atoms with E-state index in [9.17, 15) is 27.4 Å². The maximum Gasteiger partial charge on any atom is 0.362 e. The smallest absolute Gasteiger partial charge is 0.362 e. The molecule has 1 saturated heterocycles. The fourth-order valence-electron chi connectivity index (χ4n) is 2.99. The largest absolute Gasteiger partial charge is 0.480 e. The first-order valence-electron chi connectivity index (χ1n) is 8.95. The van der Waals surface area contributed by atoms with E-state index in [-0.39, 0.29) is 33.1 Å². The lowest BCUT2D eigenvalue weighted by Crippen LogP contribution is -2.77. The number of aromatic nitrogens is 4. The van der Waals surface area contributed by atoms with Gasteiger partial charge in [-0.05, 0) is 13.8 Å². The van der Waals surface area contributed by atoms with E-state index in [1.807, 2.05) is 0 Å². The Morgan fingerprint density at radius 2 is 2.12 bits per heavy atom. The number of carboxylic acid groups (broad SMARTS) is 1. The van der Waals surface area contributed by atoms with Crippen LogP contribution < -0.4 is 11.1 Å². The molecular formula is C15H18N8O8S2. The van der Waals surface area contributed by atoms with Crippen molar-refractivity contribution in [3.63, 3.8) is 0 Å². The van der Waals surface area contributed by atoms with E-state index in [2.05, 4.69) is 25.8 Å². The minimum atomic E-state index is -4.81. The quantitative estimate of drug-likeness (QED) is 0.129. The summed E-state index contributed by atoms with van der Waals surface area (Å²) in [6, 6.07) is -1.29. The first kappa shape index (κ1) is 24.0. The maximum atomic E-state index is 12.8. The number of hydrogen-bond acceptors (Lipinski definition) is 12. The molecule has 0 aliphatic carbocycles. The first-order chi connectivity index (χ1) is 15.3. The molecule has 33 heavy (non-hydrogen) atoms. The molecule has 1 aliphatic rings. The molecule has 1 aliphatic heterocycles. The molecule has 0 radical (unpaired) electrons. The average Bonchev–Trinajstić information content (AvgIpc) is 3.30. The summed E-state index contributed by atoms with van der Waals surface area (Å²) in [6.45, 7) is 1.98. The highest BCUT2D eigenvalue weighted by molar-refractivity contribution is 7.84. The predicted octanol–water partition coefficient (Wildman–Crippen LogP) is -1.77. The SMILES string of the molecule is CC1(C)[C@H](NC(=O)/C(=N\OCc2cn(CC(=O)O)nn2)c2csc(N)n2)C(=O)N1S(=O)(=O)O. The highest BCUT2D eigenvalue weighted by Gasteiger charge is 2.60. The average molecular weight is 502 g/mol. The van der Waals surface area contributed by atoms with Crippen LogP contribution in [0.2, 0.25) is 0 Å². The van der Waals surface area contributed by atoms with E-state index in [0.29, 0.717) is 0 Å². The molecule has 1 atom stereocenters. The van der Waals surface area contributed by atoms with Gasteiger partial charge in [-0.3, -0.25) is 18.9 Å². The number of nitrogens with zero attached hydrogens (tertiary/aromatic N) is 6. The number of thiazole rings is 1. The number of oxime groups is 1. The molecule has 2 aromatic rings. The Morgan fingerprint density at radius 3 is 2.67 bits per heavy atom. The fourth-order valence-corrected chi connectivity index (χ4v) is 4.57. The molecule has 0 unspecified atom stereocenters. The molecule has 16 nitrogen and oxygen atoms in total. The standard InChI is InChI=1S/C15H18N8O8S2/c1-15(2)11(13(27)23(15)33(28,29)30)18-12(26)10(8-6-32-14(16)17-8)20-31-5-7-3-22(21-19-7)4-9(24)25/h3,6,11H,4-5H2,1-2H3,(H2,16,17)(H,18,26)(H,24,25)(H,28,29,30)/b20-10-/t11-/m1/s1. The van der Waals surface area contributed by atoms with Gasteiger partial charge in [-0.25, -0.2) is 14.0 Å². The van der Waals surface area contributed by atoms with Crippen LogP contribution in [0.3, 0.4) is 0 Å². The Morgan fingerprint density at radius 1 is 1.42 bits per heavy atom. The minimum absolute atomic E-state index is 0.0285. The van der Waals surface area contributed by atoms with Crippen LogP contribution in [0, 0.1) is 0 Å². The lowest BCUT2D eigenvalue weighted by Gasteiger charge is -2.50. The summed E-state index contributed by atoms with van der Waals surface area (Å²) in [5.74, 6) is -3.08. The molecule has 0 aromatic carbocycles. The van der Waals surface area contributed by atoms with Gasteiger partial charge in [-0.1, -0.05) is 10.4 Å². The maximum absolute atomic E-state index is 12.8. The van der Waals surface area contributed by atoms with Gasteiger partial charge in [0.15, 0.2) is 17.5 Å². The van der Waals surface area contributed by atoms with Crippen LogP contribution in [-0.2, 0) is 42.7 Å². The molecule has 0 bridgehead atoms. The van der Waals surface area contributed by atoms with E-state index >= 15 is 0 Å². The van der Waals surface area contributed by atoms with Crippen molar-refractivity contribution in [1.29, 1.82) is 0 Å². The normalized spacial score (nSPS) is 18.0. The molecule has 178 valence electrons. The van der Waals surface area contributed by atoms with Gasteiger partial charge in [-0.2, -0.15) is 8.42 Å². The molecule has 2 amide bonds. The molecular weight excluding hydrogens is 484 g/mol. The number of carboxylic acids is 1. The minimum Gasteiger partial charge on any atom is -0.480 e. The molecule has 0 saturated carbocycles. The zero-order valence-electron chi connectivity index (χ0n) is 17.1. The van der Waals surface area contributed by atoms with Crippen molar-refractivity contribution in [3.8, 4) is 0 Å². The zero-order chi connectivity index (χ0) is 24.6. The summed E-state index contributed by atoms with van der Waals surface area (Å²) in [4.78, 5) is 44.8. The van der Waals surface area contributed by atoms with Crippen molar-refractivity contribution in [1.82, 2.24) is 29.6 Å². The van der Waals surface area contributed by atoms with Crippen LogP contribution in [0.1, 0.15) is 25.2 Å². The molecule has 18 heteroatoms. The Kier molecular flexibility index (Phi) is 6.34. The van der Waals surface area contributed by atoms with E-state index in [0.717, 1.165) is 16.0 Å². The number of β-lactam (4-membered cyclic amide) rings is 1. The fraction of sp³-hybridized carbons (Fsp3) is 0.400. The molecule has 1 fully saturated rings. The predicted molar refractivity (Wildman–Crippen MR) is 110 cm³/mol. The second-order valence-corrected chi connectivity index (χ2v) is 9.38. The number of rotatable bonds is 9. The summed E-state index contributed by atoms with van der Waals surface area (Å²) in [5, 5.41) is 23.7. The Bertz CT molecular complexity index is 1230. The summed E-state index contributed by atoms with van der Waals surface area (Å²) >= 11 is 1.01. The van der Waals surface area contributed by atoms with Gasteiger partial charge in [0, 0.05) is 5.38 Å². The molecule has 3 heterocycles. The van der Waals surface area contributed by atoms with Crippen LogP contribution in [0.25, 0.3) is 0 Å². The third kappa shape index (κ3) is 5.07. The molecule has 3 rings (SSSR count). The van der Waals surface area contributed by atoms with Crippen LogP contribution in [0.15, 0.2) is 16.7 Å². The molecule has 0 spiro atoms. The van der Waals surface area contributed by atoms with Gasteiger partial charge in [0.25, 0.3) is 11.8 Å². The van der Waals surface area contributed by atoms with E-state index < -0.39 is 46.2 Å². The van der Waals surface area contributed by atoms with Crippen LogP contribution >= 0.6 is 11.3 Å². The van der Waals surface area contributed by atoms with E-state index in [4.69, 9.17) is 15.7 Å². The number of nitrogens with two attached hydrogens (primary N) is 1. The monoisotopic (exact) mass is 502 g/mol. The number of nitrogen functional groups attached to an aromatic ring is 1. The summed E-state index contributed by atoms with van der Waals surface area (Å²) in [7, 11) is -4.81. The van der Waals surface area contributed by atoms with Gasteiger partial charge < -0.3 is 21.0 Å². The van der Waals surface area contributed by atoms with Crippen molar-refractivity contribution < 1.29 is 37.3 Å². The first-order valence-corrected chi connectivity index (χ1v) is 11.2. The van der Waals surface area contributed by atoms with Gasteiger partial charge in [0.05, 0.1) is 11.7 Å². The number of nitrogens with one attached hydrogen (secondary N) is 1. The Hall–Kier alpha value is -3.64. The van der Waals surface area contributed by atoms with Gasteiger partial charge in [0.2, 0.25) is 0 Å². The highest BCUT2D eigenvalue weighted by atomic mass is 32.2. The van der Waals surface area contributed by atoms with E-state index in [1.54, 1.807) is 0 Å². The topological polar surface area (TPSA) is 232 Å². The Balaban J connectivity index is 1.76. The van der Waals surface area contributed by atoms with E-state index in [1.165, 1.54) is 25.4 Å². The second-order valence-electron chi connectivity index (χ2n) is 7.23. The van der Waals surface area contributed by atoms with Crippen LogP contribution in [0.5, 0.6) is 0 Å². The second kappa shape index (κ2) is 8.71. The van der Waals surface area contributed by atoms with Crippen molar-refractivity contribution >= 4 is 50.3 Å². The Labute approximate surface area is 189 Å². The number of anilines is 1. The van der Waals surface area contributed by atoms with Gasteiger partial charge in [-0.15, -0.1) is 16.4 Å². The summed E-state index contributed by atoms with van der Waals surface area (Å²) in [5.41, 5.74) is 4.04. The van der Waals surface area contributed by atoms with Crippen molar-refractivity contribution in [2.75, 3.05) is 5.73 Å². The van der Waals surface area contributed by atoms with Crippen LogP contribution in [-0.4, -0.2) is 77.4 Å². The lowest BCUT2D eigenvalue weighted by atomic mass is 9.85. The number of hydrogen-bond donors (Lipinski definition) is 4.